The van der Waals surface area contributed by atoms with Crippen molar-refractivity contribution in [2.75, 3.05) is 26.2 Å². The van der Waals surface area contributed by atoms with E-state index in [0.717, 1.165) is 0 Å². The van der Waals surface area contributed by atoms with Crippen molar-refractivity contribution in [3.05, 3.63) is 12.2 Å². The zero-order chi connectivity index (χ0) is 12.1. The van der Waals surface area contributed by atoms with Gasteiger partial charge in [-0.3, -0.25) is 14.6 Å². The van der Waals surface area contributed by atoms with Gasteiger partial charge < -0.3 is 0 Å². The van der Waals surface area contributed by atoms with E-state index in [-0.39, 0.29) is 5.78 Å². The van der Waals surface area contributed by atoms with Crippen LogP contribution in [0.1, 0.15) is 39.0 Å². The first-order chi connectivity index (χ1) is 8.27. The van der Waals surface area contributed by atoms with Crippen molar-refractivity contribution in [3.63, 3.8) is 0 Å². The van der Waals surface area contributed by atoms with Crippen LogP contribution in [0, 0.1) is 0 Å². The second-order valence-electron chi connectivity index (χ2n) is 5.22. The number of piperidine rings is 1. The minimum atomic E-state index is 0.159. The Morgan fingerprint density at radius 2 is 1.41 bits per heavy atom. The summed E-state index contributed by atoms with van der Waals surface area (Å²) in [6, 6.07) is 0. The molecule has 96 valence electrons. The number of ketones is 1. The van der Waals surface area contributed by atoms with Gasteiger partial charge in [-0.25, -0.2) is 0 Å². The third-order valence-electron chi connectivity index (χ3n) is 3.78. The molecule has 0 amide bonds. The number of carbonyl (C=O) groups excluding carboxylic acids is 1. The molecule has 2 fully saturated rings. The zero-order valence-electron chi connectivity index (χ0n) is 10.9. The first-order valence-electron chi connectivity index (χ1n) is 6.94. The van der Waals surface area contributed by atoms with Gasteiger partial charge in [-0.2, -0.15) is 0 Å². The predicted octanol–water partition coefficient (Wildman–Crippen LogP) is 2.04. The minimum absolute atomic E-state index is 0.159. The highest BCUT2D eigenvalue weighted by molar-refractivity contribution is 5.87. The molecule has 0 aliphatic carbocycles. The number of carbonyl (C=O) groups is 1. The van der Waals surface area contributed by atoms with Crippen LogP contribution in [-0.4, -0.2) is 47.9 Å². The summed E-state index contributed by atoms with van der Waals surface area (Å²) < 4.78 is 0. The summed E-state index contributed by atoms with van der Waals surface area (Å²) in [6.07, 6.45) is 10.8. The Bertz CT molecular complexity index is 276. The smallest absolute Gasteiger partial charge is 0.152 e. The van der Waals surface area contributed by atoms with Crippen LogP contribution in [0.4, 0.5) is 0 Å². The van der Waals surface area contributed by atoms with Crippen LogP contribution < -0.4 is 0 Å². The lowest BCUT2D eigenvalue weighted by molar-refractivity contribution is -0.112. The van der Waals surface area contributed by atoms with Crippen LogP contribution in [0.5, 0.6) is 0 Å². The number of hydrogen-bond donors (Lipinski definition) is 0. The van der Waals surface area contributed by atoms with Gasteiger partial charge in [0.15, 0.2) is 5.78 Å². The lowest BCUT2D eigenvalue weighted by atomic mass is 10.1. The Hall–Kier alpha value is -0.670. The van der Waals surface area contributed by atoms with Gasteiger partial charge in [-0.1, -0.05) is 6.42 Å². The highest BCUT2D eigenvalue weighted by Gasteiger charge is 2.26. The van der Waals surface area contributed by atoms with Crippen molar-refractivity contribution in [1.82, 2.24) is 9.80 Å². The first kappa shape index (κ1) is 12.8. The van der Waals surface area contributed by atoms with Crippen molar-refractivity contribution >= 4 is 5.78 Å². The number of rotatable bonds is 4. The minimum Gasteiger partial charge on any atom is -0.295 e. The molecule has 0 spiro atoms. The molecule has 0 N–H and O–H groups in total. The number of hydrogen-bond acceptors (Lipinski definition) is 3. The van der Waals surface area contributed by atoms with Crippen LogP contribution >= 0.6 is 0 Å². The molecule has 2 aliphatic heterocycles. The van der Waals surface area contributed by atoms with E-state index in [1.54, 1.807) is 13.0 Å². The van der Waals surface area contributed by atoms with Gasteiger partial charge in [0, 0.05) is 0 Å². The lowest BCUT2D eigenvalue weighted by Gasteiger charge is -2.38. The maximum absolute atomic E-state index is 11.1. The summed E-state index contributed by atoms with van der Waals surface area (Å²) in [7, 11) is 0. The van der Waals surface area contributed by atoms with Crippen molar-refractivity contribution < 1.29 is 4.79 Å². The van der Waals surface area contributed by atoms with Crippen molar-refractivity contribution in [3.8, 4) is 0 Å². The van der Waals surface area contributed by atoms with Crippen LogP contribution in [0.25, 0.3) is 0 Å². The van der Waals surface area contributed by atoms with Crippen LogP contribution in [0.15, 0.2) is 12.2 Å². The Labute approximate surface area is 104 Å². The molecule has 1 atom stereocenters. The zero-order valence-corrected chi connectivity index (χ0v) is 10.9. The number of allylic oxidation sites excluding steroid dienone is 1. The molecule has 3 heteroatoms. The average Bonchev–Trinajstić information content (AvgIpc) is 2.84. The van der Waals surface area contributed by atoms with E-state index in [2.05, 4.69) is 15.9 Å². The molecule has 0 aromatic carbocycles. The Morgan fingerprint density at radius 1 is 0.941 bits per heavy atom. The van der Waals surface area contributed by atoms with Gasteiger partial charge in [-0.15, -0.1) is 0 Å². The Kier molecular flexibility index (Phi) is 4.75. The molecule has 2 aliphatic rings. The molecular formula is C14H24N2O. The maximum atomic E-state index is 11.1. The quantitative estimate of drug-likeness (QED) is 0.698. The molecule has 0 radical (unpaired) electrons. The van der Waals surface area contributed by atoms with E-state index in [0.29, 0.717) is 6.17 Å². The Balaban J connectivity index is 2.01. The highest BCUT2D eigenvalue weighted by Crippen LogP contribution is 2.20. The highest BCUT2D eigenvalue weighted by atomic mass is 16.1. The van der Waals surface area contributed by atoms with Crippen molar-refractivity contribution in [2.45, 2.75) is 45.2 Å². The molecule has 0 saturated carbocycles. The van der Waals surface area contributed by atoms with Crippen LogP contribution in [0.2, 0.25) is 0 Å². The fraction of sp³-hybridized carbons (Fsp3) is 0.786. The van der Waals surface area contributed by atoms with E-state index >= 15 is 0 Å². The lowest BCUT2D eigenvalue weighted by Crippen LogP contribution is -2.48. The van der Waals surface area contributed by atoms with E-state index in [4.69, 9.17) is 0 Å². The largest absolute Gasteiger partial charge is 0.295 e. The summed E-state index contributed by atoms with van der Waals surface area (Å²) in [5.74, 6) is 0.159. The van der Waals surface area contributed by atoms with Crippen LogP contribution in [-0.2, 0) is 4.79 Å². The third-order valence-corrected chi connectivity index (χ3v) is 3.78. The molecule has 2 saturated heterocycles. The van der Waals surface area contributed by atoms with E-state index in [1.807, 2.05) is 0 Å². The molecule has 1 unspecified atom stereocenters. The van der Waals surface area contributed by atoms with Crippen molar-refractivity contribution in [1.29, 1.82) is 0 Å². The summed E-state index contributed by atoms with van der Waals surface area (Å²) >= 11 is 0. The normalized spacial score (nSPS) is 25.5. The molecule has 17 heavy (non-hydrogen) atoms. The summed E-state index contributed by atoms with van der Waals surface area (Å²) in [4.78, 5) is 16.2. The molecule has 2 rings (SSSR count). The summed E-state index contributed by atoms with van der Waals surface area (Å²) in [5, 5.41) is 0. The Morgan fingerprint density at radius 3 is 1.88 bits per heavy atom. The predicted molar refractivity (Wildman–Crippen MR) is 69.8 cm³/mol. The summed E-state index contributed by atoms with van der Waals surface area (Å²) in [6.45, 7) is 6.37. The monoisotopic (exact) mass is 236 g/mol. The molecular weight excluding hydrogens is 212 g/mol. The molecule has 0 aromatic rings. The van der Waals surface area contributed by atoms with E-state index in [9.17, 15) is 4.79 Å². The fourth-order valence-electron chi connectivity index (χ4n) is 2.88. The topological polar surface area (TPSA) is 23.6 Å². The van der Waals surface area contributed by atoms with Gasteiger partial charge in [0.05, 0.1) is 6.17 Å². The molecule has 0 aromatic heterocycles. The number of likely N-dealkylation sites (tertiary alicyclic amines) is 2. The van der Waals surface area contributed by atoms with Gasteiger partial charge in [0.25, 0.3) is 0 Å². The average molecular weight is 236 g/mol. The second kappa shape index (κ2) is 6.31. The third kappa shape index (κ3) is 3.65. The molecule has 0 bridgehead atoms. The van der Waals surface area contributed by atoms with Gasteiger partial charge in [0.2, 0.25) is 0 Å². The van der Waals surface area contributed by atoms with Gasteiger partial charge in [0.1, 0.15) is 0 Å². The van der Waals surface area contributed by atoms with Gasteiger partial charge in [-0.05, 0) is 70.9 Å². The first-order valence-corrected chi connectivity index (χ1v) is 6.94. The molecule has 2 heterocycles. The SMILES string of the molecule is CC(=O)C=CC(N1CCCCC1)N1CCCC1. The van der Waals surface area contributed by atoms with E-state index < -0.39 is 0 Å². The van der Waals surface area contributed by atoms with Gasteiger partial charge >= 0.3 is 0 Å². The van der Waals surface area contributed by atoms with E-state index in [1.165, 1.54) is 58.3 Å². The second-order valence-corrected chi connectivity index (χ2v) is 5.22. The maximum Gasteiger partial charge on any atom is 0.152 e. The van der Waals surface area contributed by atoms with Crippen LogP contribution in [0.3, 0.4) is 0 Å². The van der Waals surface area contributed by atoms with Crippen molar-refractivity contribution in [2.24, 2.45) is 0 Å². The summed E-state index contributed by atoms with van der Waals surface area (Å²) in [5.41, 5.74) is 0. The number of nitrogens with zero attached hydrogens (tertiary/aromatic N) is 2. The fourth-order valence-corrected chi connectivity index (χ4v) is 2.88. The molecule has 3 nitrogen and oxygen atoms in total. The standard InChI is InChI=1S/C14H24N2O/c1-13(17)7-8-14(16-11-5-6-12-16)15-9-3-2-4-10-15/h7-8,14H,2-6,9-12H2,1H3.